The fourth-order valence-electron chi connectivity index (χ4n) is 1.99. The number of aromatic nitrogens is 3. The van der Waals surface area contributed by atoms with Crippen molar-refractivity contribution in [1.29, 1.82) is 0 Å². The lowest BCUT2D eigenvalue weighted by atomic mass is 10.1. The number of rotatable bonds is 4. The van der Waals surface area contributed by atoms with Crippen LogP contribution in [0.4, 0.5) is 5.69 Å². The molecule has 0 aliphatic heterocycles. The number of halogens is 1. The van der Waals surface area contributed by atoms with Crippen molar-refractivity contribution in [2.24, 2.45) is 0 Å². The predicted molar refractivity (Wildman–Crippen MR) is 83.3 cm³/mol. The van der Waals surface area contributed by atoms with E-state index in [1.807, 2.05) is 54.6 Å². The average Bonchev–Trinajstić information content (AvgIpc) is 2.95. The van der Waals surface area contributed by atoms with E-state index in [9.17, 15) is 0 Å². The topological polar surface area (TPSA) is 53.6 Å². The molecule has 0 amide bonds. The first-order chi connectivity index (χ1) is 9.83. The molecule has 2 N–H and O–H groups in total. The van der Waals surface area contributed by atoms with E-state index in [1.165, 1.54) is 0 Å². The molecule has 0 fully saturated rings. The summed E-state index contributed by atoms with van der Waals surface area (Å²) in [4.78, 5) is 0. The second-order valence-electron chi connectivity index (χ2n) is 4.35. The van der Waals surface area contributed by atoms with E-state index >= 15 is 0 Å². The Labute approximate surface area is 125 Å². The van der Waals surface area contributed by atoms with Crippen LogP contribution < -0.4 is 5.32 Å². The van der Waals surface area contributed by atoms with Crippen LogP contribution in [0.3, 0.4) is 0 Å². The predicted octanol–water partition coefficient (Wildman–Crippen LogP) is 3.85. The molecule has 100 valence electrons. The zero-order chi connectivity index (χ0) is 13.8. The van der Waals surface area contributed by atoms with Crippen molar-refractivity contribution in [2.45, 2.75) is 6.54 Å². The molecule has 0 spiro atoms. The van der Waals surface area contributed by atoms with E-state index < -0.39 is 0 Å². The van der Waals surface area contributed by atoms with E-state index in [1.54, 1.807) is 0 Å². The van der Waals surface area contributed by atoms with Crippen LogP contribution in [0.1, 0.15) is 5.69 Å². The minimum atomic E-state index is 0.622. The van der Waals surface area contributed by atoms with Crippen molar-refractivity contribution in [2.75, 3.05) is 5.32 Å². The van der Waals surface area contributed by atoms with Gasteiger partial charge in [0.05, 0.1) is 6.54 Å². The molecule has 2 aromatic carbocycles. The van der Waals surface area contributed by atoms with Crippen LogP contribution in [0.2, 0.25) is 0 Å². The molecule has 1 heterocycles. The molecule has 0 aliphatic rings. The molecule has 1 aromatic heterocycles. The van der Waals surface area contributed by atoms with Crippen molar-refractivity contribution in [3.63, 3.8) is 0 Å². The summed E-state index contributed by atoms with van der Waals surface area (Å²) in [6, 6.07) is 18.1. The van der Waals surface area contributed by atoms with Crippen molar-refractivity contribution in [1.82, 2.24) is 15.4 Å². The van der Waals surface area contributed by atoms with Crippen molar-refractivity contribution >= 4 is 21.6 Å². The summed E-state index contributed by atoms with van der Waals surface area (Å²) in [5.41, 5.74) is 3.89. The maximum Gasteiger partial charge on any atom is 0.117 e. The largest absolute Gasteiger partial charge is 0.379 e. The number of nitrogens with one attached hydrogen (secondary N) is 2. The zero-order valence-corrected chi connectivity index (χ0v) is 12.3. The standard InChI is InChI=1S/C15H13BrN4/c16-12-7-4-8-13(9-12)17-10-14-15(19-20-18-14)11-5-2-1-3-6-11/h1-9,17H,10H2,(H,18,19,20). The summed E-state index contributed by atoms with van der Waals surface area (Å²) in [6.07, 6.45) is 0. The van der Waals surface area contributed by atoms with Crippen molar-refractivity contribution < 1.29 is 0 Å². The van der Waals surface area contributed by atoms with Crippen LogP contribution in [0.5, 0.6) is 0 Å². The second kappa shape index (κ2) is 5.88. The minimum Gasteiger partial charge on any atom is -0.379 e. The molecule has 0 saturated heterocycles. The second-order valence-corrected chi connectivity index (χ2v) is 5.26. The first-order valence-electron chi connectivity index (χ1n) is 6.27. The summed E-state index contributed by atoms with van der Waals surface area (Å²) >= 11 is 3.46. The van der Waals surface area contributed by atoms with E-state index in [-0.39, 0.29) is 0 Å². The number of anilines is 1. The SMILES string of the molecule is Brc1cccc(NCc2n[nH]nc2-c2ccccc2)c1. The maximum atomic E-state index is 4.23. The highest BCUT2D eigenvalue weighted by molar-refractivity contribution is 9.10. The van der Waals surface area contributed by atoms with E-state index in [0.29, 0.717) is 6.54 Å². The lowest BCUT2D eigenvalue weighted by Crippen LogP contribution is -2.01. The first kappa shape index (κ1) is 12.9. The van der Waals surface area contributed by atoms with Gasteiger partial charge in [-0.25, -0.2) is 0 Å². The van der Waals surface area contributed by atoms with Gasteiger partial charge in [0, 0.05) is 15.7 Å². The molecule has 3 aromatic rings. The Morgan fingerprint density at radius 3 is 2.65 bits per heavy atom. The van der Waals surface area contributed by atoms with Gasteiger partial charge in [0.2, 0.25) is 0 Å². The number of hydrogen-bond donors (Lipinski definition) is 2. The van der Waals surface area contributed by atoms with Crippen molar-refractivity contribution in [3.05, 3.63) is 64.8 Å². The molecule has 0 saturated carbocycles. The van der Waals surface area contributed by atoms with Gasteiger partial charge in [0.15, 0.2) is 0 Å². The molecule has 0 atom stereocenters. The van der Waals surface area contributed by atoms with Gasteiger partial charge in [0.1, 0.15) is 11.4 Å². The summed E-state index contributed by atoms with van der Waals surface area (Å²) in [5, 5.41) is 14.5. The number of aromatic amines is 1. The molecular weight excluding hydrogens is 316 g/mol. The third-order valence-electron chi connectivity index (χ3n) is 2.95. The van der Waals surface area contributed by atoms with Gasteiger partial charge in [0.25, 0.3) is 0 Å². The molecule has 5 heteroatoms. The summed E-state index contributed by atoms with van der Waals surface area (Å²) < 4.78 is 1.05. The van der Waals surface area contributed by atoms with E-state index in [0.717, 1.165) is 27.1 Å². The van der Waals surface area contributed by atoms with Gasteiger partial charge in [-0.3, -0.25) is 0 Å². The minimum absolute atomic E-state index is 0.622. The average molecular weight is 329 g/mol. The molecule has 0 unspecified atom stereocenters. The highest BCUT2D eigenvalue weighted by Crippen LogP contribution is 2.21. The number of benzene rings is 2. The van der Waals surface area contributed by atoms with Crippen molar-refractivity contribution in [3.8, 4) is 11.3 Å². The van der Waals surface area contributed by atoms with Crippen LogP contribution in [0.25, 0.3) is 11.3 Å². The summed E-state index contributed by atoms with van der Waals surface area (Å²) in [7, 11) is 0. The molecule has 3 rings (SSSR count). The maximum absolute atomic E-state index is 4.23. The van der Waals surface area contributed by atoms with Crippen LogP contribution in [-0.2, 0) is 6.54 Å². The summed E-state index contributed by atoms with van der Waals surface area (Å²) in [6.45, 7) is 0.622. The Balaban J connectivity index is 1.78. The lowest BCUT2D eigenvalue weighted by Gasteiger charge is -2.06. The third-order valence-corrected chi connectivity index (χ3v) is 3.45. The lowest BCUT2D eigenvalue weighted by molar-refractivity contribution is 0.911. The third kappa shape index (κ3) is 2.88. The Morgan fingerprint density at radius 1 is 1.00 bits per heavy atom. The van der Waals surface area contributed by atoms with Crippen LogP contribution >= 0.6 is 15.9 Å². The first-order valence-corrected chi connectivity index (χ1v) is 7.07. The van der Waals surface area contributed by atoms with Crippen LogP contribution in [0.15, 0.2) is 59.1 Å². The highest BCUT2D eigenvalue weighted by Gasteiger charge is 2.09. The summed E-state index contributed by atoms with van der Waals surface area (Å²) in [5.74, 6) is 0. The Morgan fingerprint density at radius 2 is 1.85 bits per heavy atom. The van der Waals surface area contributed by atoms with Crippen LogP contribution in [0, 0.1) is 0 Å². The monoisotopic (exact) mass is 328 g/mol. The molecule has 0 bridgehead atoms. The van der Waals surface area contributed by atoms with E-state index in [2.05, 4.69) is 36.7 Å². The number of hydrogen-bond acceptors (Lipinski definition) is 3. The van der Waals surface area contributed by atoms with Gasteiger partial charge in [-0.05, 0) is 18.2 Å². The van der Waals surface area contributed by atoms with Gasteiger partial charge < -0.3 is 5.32 Å². The zero-order valence-electron chi connectivity index (χ0n) is 10.7. The molecule has 0 radical (unpaired) electrons. The van der Waals surface area contributed by atoms with E-state index in [4.69, 9.17) is 0 Å². The quantitative estimate of drug-likeness (QED) is 0.764. The van der Waals surface area contributed by atoms with Gasteiger partial charge in [-0.15, -0.1) is 0 Å². The highest BCUT2D eigenvalue weighted by atomic mass is 79.9. The van der Waals surface area contributed by atoms with Gasteiger partial charge in [-0.1, -0.05) is 52.3 Å². The number of nitrogens with zero attached hydrogens (tertiary/aromatic N) is 2. The Kier molecular flexibility index (Phi) is 3.78. The molecular formula is C15H13BrN4. The fraction of sp³-hybridized carbons (Fsp3) is 0.0667. The molecule has 20 heavy (non-hydrogen) atoms. The molecule has 4 nitrogen and oxygen atoms in total. The normalized spacial score (nSPS) is 10.4. The Hall–Kier alpha value is -2.14. The van der Waals surface area contributed by atoms with Gasteiger partial charge in [-0.2, -0.15) is 15.4 Å². The Bertz CT molecular complexity index is 694. The van der Waals surface area contributed by atoms with Crippen LogP contribution in [-0.4, -0.2) is 15.4 Å². The number of H-pyrrole nitrogens is 1. The molecule has 0 aliphatic carbocycles. The van der Waals surface area contributed by atoms with Gasteiger partial charge >= 0.3 is 0 Å². The fourth-order valence-corrected chi connectivity index (χ4v) is 2.39. The smallest absolute Gasteiger partial charge is 0.117 e.